The van der Waals surface area contributed by atoms with E-state index in [1.54, 1.807) is 68.4 Å². The standard InChI is InChI=1S/C27H23F3N2O3S/c1-18-9-7-15-24(19(18)2)32(17-26(33)31-23-14-6-5-13-22(23)27(28,29)30)36(34,35)25-16-8-11-20-10-3-4-12-21(20)25/h3-16H,17H2,1-2H3,(H,31,33). The number of para-hydroxylation sites is 1. The summed E-state index contributed by atoms with van der Waals surface area (Å²) in [6.07, 6.45) is -4.69. The number of rotatable bonds is 6. The van der Waals surface area contributed by atoms with Crippen molar-refractivity contribution >= 4 is 38.1 Å². The molecule has 0 bridgehead atoms. The van der Waals surface area contributed by atoms with Crippen LogP contribution in [0.5, 0.6) is 0 Å². The smallest absolute Gasteiger partial charge is 0.324 e. The van der Waals surface area contributed by atoms with E-state index in [-0.39, 0.29) is 10.6 Å². The van der Waals surface area contributed by atoms with E-state index in [1.807, 2.05) is 0 Å². The molecule has 0 fully saturated rings. The van der Waals surface area contributed by atoms with Gasteiger partial charge in [-0.05, 0) is 54.6 Å². The number of fused-ring (bicyclic) bond motifs is 1. The van der Waals surface area contributed by atoms with E-state index in [2.05, 4.69) is 5.32 Å². The molecule has 4 aromatic rings. The van der Waals surface area contributed by atoms with Crippen LogP contribution >= 0.6 is 0 Å². The van der Waals surface area contributed by atoms with Gasteiger partial charge < -0.3 is 5.32 Å². The van der Waals surface area contributed by atoms with Crippen molar-refractivity contribution in [1.29, 1.82) is 0 Å². The van der Waals surface area contributed by atoms with Crippen LogP contribution in [0, 0.1) is 13.8 Å². The molecule has 0 radical (unpaired) electrons. The number of aryl methyl sites for hydroxylation is 1. The molecule has 1 N–H and O–H groups in total. The first-order valence-corrected chi connectivity index (χ1v) is 12.5. The van der Waals surface area contributed by atoms with E-state index in [4.69, 9.17) is 0 Å². The zero-order valence-corrected chi connectivity index (χ0v) is 20.3. The molecule has 4 rings (SSSR count). The van der Waals surface area contributed by atoms with Gasteiger partial charge in [0.2, 0.25) is 5.91 Å². The van der Waals surface area contributed by atoms with Gasteiger partial charge in [-0.3, -0.25) is 9.10 Å². The Bertz CT molecular complexity index is 1540. The molecule has 0 heterocycles. The number of hydrogen-bond donors (Lipinski definition) is 1. The molecule has 0 atom stereocenters. The molecule has 0 aliphatic rings. The zero-order valence-electron chi connectivity index (χ0n) is 19.5. The molecule has 0 saturated heterocycles. The molecule has 9 heteroatoms. The van der Waals surface area contributed by atoms with Gasteiger partial charge in [0.1, 0.15) is 6.54 Å². The second-order valence-electron chi connectivity index (χ2n) is 8.30. The summed E-state index contributed by atoms with van der Waals surface area (Å²) < 4.78 is 69.2. The fourth-order valence-electron chi connectivity index (χ4n) is 4.00. The van der Waals surface area contributed by atoms with E-state index in [0.717, 1.165) is 22.0 Å². The predicted octanol–water partition coefficient (Wildman–Crippen LogP) is 6.31. The molecular weight excluding hydrogens is 489 g/mol. The van der Waals surface area contributed by atoms with Crippen molar-refractivity contribution in [3.05, 3.63) is 102 Å². The summed E-state index contributed by atoms with van der Waals surface area (Å²) in [5.74, 6) is -0.906. The Morgan fingerprint density at radius 1 is 0.861 bits per heavy atom. The van der Waals surface area contributed by atoms with Crippen LogP contribution in [0.15, 0.2) is 89.8 Å². The average Bonchev–Trinajstić information content (AvgIpc) is 2.83. The Hall–Kier alpha value is -3.85. The van der Waals surface area contributed by atoms with Gasteiger partial charge in [0.05, 0.1) is 21.8 Å². The van der Waals surface area contributed by atoms with Crippen LogP contribution in [0.25, 0.3) is 10.8 Å². The van der Waals surface area contributed by atoms with E-state index in [9.17, 15) is 26.4 Å². The second kappa shape index (κ2) is 9.66. The SMILES string of the molecule is Cc1cccc(N(CC(=O)Nc2ccccc2C(F)(F)F)S(=O)(=O)c2cccc3ccccc23)c1C. The monoisotopic (exact) mass is 512 g/mol. The Morgan fingerprint density at radius 3 is 2.25 bits per heavy atom. The van der Waals surface area contributed by atoms with Gasteiger partial charge in [-0.2, -0.15) is 13.2 Å². The van der Waals surface area contributed by atoms with Crippen LogP contribution in [-0.2, 0) is 21.0 Å². The van der Waals surface area contributed by atoms with Crippen LogP contribution in [0.2, 0.25) is 0 Å². The molecule has 186 valence electrons. The van der Waals surface area contributed by atoms with E-state index < -0.39 is 39.9 Å². The van der Waals surface area contributed by atoms with Crippen molar-refractivity contribution in [2.24, 2.45) is 0 Å². The summed E-state index contributed by atoms with van der Waals surface area (Å²) in [5, 5.41) is 3.41. The molecule has 1 amide bonds. The van der Waals surface area contributed by atoms with Crippen LogP contribution in [0.4, 0.5) is 24.5 Å². The minimum atomic E-state index is -4.69. The first-order valence-electron chi connectivity index (χ1n) is 11.0. The summed E-state index contributed by atoms with van der Waals surface area (Å²) in [5.41, 5.74) is 0.229. The third-order valence-electron chi connectivity index (χ3n) is 5.96. The molecule has 0 saturated carbocycles. The summed E-state index contributed by atoms with van der Waals surface area (Å²) >= 11 is 0. The van der Waals surface area contributed by atoms with E-state index in [0.29, 0.717) is 16.3 Å². The van der Waals surface area contributed by atoms with Crippen molar-refractivity contribution in [3.8, 4) is 0 Å². The van der Waals surface area contributed by atoms with Crippen LogP contribution in [-0.4, -0.2) is 20.9 Å². The Balaban J connectivity index is 1.80. The lowest BCUT2D eigenvalue weighted by Crippen LogP contribution is -2.39. The number of hydrogen-bond acceptors (Lipinski definition) is 3. The maximum atomic E-state index is 14.0. The molecule has 0 unspecified atom stereocenters. The van der Waals surface area contributed by atoms with Crippen molar-refractivity contribution in [1.82, 2.24) is 0 Å². The average molecular weight is 513 g/mol. The minimum Gasteiger partial charge on any atom is -0.324 e. The summed E-state index contributed by atoms with van der Waals surface area (Å²) in [4.78, 5) is 13.0. The third kappa shape index (κ3) is 4.92. The molecule has 36 heavy (non-hydrogen) atoms. The largest absolute Gasteiger partial charge is 0.418 e. The van der Waals surface area contributed by atoms with Gasteiger partial charge in [0, 0.05) is 5.39 Å². The highest BCUT2D eigenvalue weighted by atomic mass is 32.2. The number of alkyl halides is 3. The van der Waals surface area contributed by atoms with E-state index in [1.165, 1.54) is 18.2 Å². The highest BCUT2D eigenvalue weighted by molar-refractivity contribution is 7.93. The van der Waals surface area contributed by atoms with Crippen LogP contribution < -0.4 is 9.62 Å². The summed E-state index contributed by atoms with van der Waals surface area (Å²) in [6, 6.07) is 21.4. The maximum Gasteiger partial charge on any atom is 0.418 e. The van der Waals surface area contributed by atoms with Crippen molar-refractivity contribution in [2.45, 2.75) is 24.9 Å². The lowest BCUT2D eigenvalue weighted by molar-refractivity contribution is -0.137. The Kier molecular flexibility index (Phi) is 6.77. The molecule has 5 nitrogen and oxygen atoms in total. The van der Waals surface area contributed by atoms with Gasteiger partial charge in [-0.25, -0.2) is 8.42 Å². The zero-order chi connectivity index (χ0) is 26.1. The minimum absolute atomic E-state index is 0.00926. The van der Waals surface area contributed by atoms with E-state index >= 15 is 0 Å². The summed E-state index contributed by atoms with van der Waals surface area (Å²) in [6.45, 7) is 2.82. The quantitative estimate of drug-likeness (QED) is 0.329. The van der Waals surface area contributed by atoms with Gasteiger partial charge in [-0.15, -0.1) is 0 Å². The number of halogens is 3. The normalized spacial score (nSPS) is 11.9. The van der Waals surface area contributed by atoms with Crippen LogP contribution in [0.1, 0.15) is 16.7 Å². The lowest BCUT2D eigenvalue weighted by Gasteiger charge is -2.27. The number of benzene rings is 4. The van der Waals surface area contributed by atoms with Crippen molar-refractivity contribution < 1.29 is 26.4 Å². The van der Waals surface area contributed by atoms with Gasteiger partial charge >= 0.3 is 6.18 Å². The fourth-order valence-corrected chi connectivity index (χ4v) is 5.70. The molecule has 0 aliphatic carbocycles. The number of nitrogens with one attached hydrogen (secondary N) is 1. The topological polar surface area (TPSA) is 66.5 Å². The molecule has 0 spiro atoms. The number of carbonyl (C=O) groups is 1. The van der Waals surface area contributed by atoms with Gasteiger partial charge in [0.25, 0.3) is 10.0 Å². The van der Waals surface area contributed by atoms with Gasteiger partial charge in [0.15, 0.2) is 0 Å². The maximum absolute atomic E-state index is 14.0. The number of carbonyl (C=O) groups excluding carboxylic acids is 1. The van der Waals surface area contributed by atoms with Gasteiger partial charge in [-0.1, -0.05) is 60.7 Å². The van der Waals surface area contributed by atoms with Crippen LogP contribution in [0.3, 0.4) is 0 Å². The van der Waals surface area contributed by atoms with Crippen molar-refractivity contribution in [3.63, 3.8) is 0 Å². The molecule has 0 aliphatic heterocycles. The number of amides is 1. The first kappa shape index (κ1) is 25.2. The Labute approximate surface area is 207 Å². The highest BCUT2D eigenvalue weighted by Gasteiger charge is 2.34. The predicted molar refractivity (Wildman–Crippen MR) is 134 cm³/mol. The molecular formula is C27H23F3N2O3S. The molecule has 0 aromatic heterocycles. The number of anilines is 2. The number of sulfonamides is 1. The number of nitrogens with zero attached hydrogens (tertiary/aromatic N) is 1. The lowest BCUT2D eigenvalue weighted by atomic mass is 10.1. The second-order valence-corrected chi connectivity index (χ2v) is 10.1. The highest BCUT2D eigenvalue weighted by Crippen LogP contribution is 2.35. The fraction of sp³-hybridized carbons (Fsp3) is 0.148. The summed E-state index contributed by atoms with van der Waals surface area (Å²) in [7, 11) is -4.30. The third-order valence-corrected chi connectivity index (χ3v) is 7.77. The Morgan fingerprint density at radius 2 is 1.50 bits per heavy atom. The first-order chi connectivity index (χ1) is 17.0. The van der Waals surface area contributed by atoms with Crippen molar-refractivity contribution in [2.75, 3.05) is 16.2 Å². The molecule has 4 aromatic carbocycles.